The molecule has 0 aliphatic carbocycles. The van der Waals surface area contributed by atoms with Gasteiger partial charge in [-0.2, -0.15) is 0 Å². The van der Waals surface area contributed by atoms with E-state index in [1.165, 1.54) is 0 Å². The number of hydrogen-bond donors (Lipinski definition) is 1. The van der Waals surface area contributed by atoms with Gasteiger partial charge in [-0.25, -0.2) is 4.98 Å². The average Bonchev–Trinajstić information content (AvgIpc) is 2.99. The standard InChI is InChI=1S/C17H30N6O.HI/c1-4-18-17(23-13-11-22(12-14-23)16(3)24)20-7-5-6-9-21-10-8-19-15(21)2;/h8,10H,4-7,9,11-14H2,1-3H3,(H,18,20);1H. The fourth-order valence-electron chi connectivity index (χ4n) is 2.88. The Balaban J connectivity index is 0.00000312. The number of nitrogens with zero attached hydrogens (tertiary/aromatic N) is 5. The molecule has 1 amide bonds. The van der Waals surface area contributed by atoms with Crippen LogP contribution in [0.1, 0.15) is 32.5 Å². The highest BCUT2D eigenvalue weighted by molar-refractivity contribution is 14.0. The smallest absolute Gasteiger partial charge is 0.219 e. The molecule has 1 aliphatic rings. The highest BCUT2D eigenvalue weighted by Crippen LogP contribution is 2.04. The Morgan fingerprint density at radius 3 is 2.48 bits per heavy atom. The number of imidazole rings is 1. The van der Waals surface area contributed by atoms with Crippen LogP contribution in [0.5, 0.6) is 0 Å². The van der Waals surface area contributed by atoms with Gasteiger partial charge in [0.1, 0.15) is 5.82 Å². The Hall–Kier alpha value is -1.32. The number of amides is 1. The number of nitrogens with one attached hydrogen (secondary N) is 1. The van der Waals surface area contributed by atoms with Crippen LogP contribution in [0, 0.1) is 6.92 Å². The molecule has 142 valence electrons. The molecule has 1 N–H and O–H groups in total. The molecule has 1 aromatic rings. The van der Waals surface area contributed by atoms with E-state index < -0.39 is 0 Å². The van der Waals surface area contributed by atoms with Crippen LogP contribution in [0.25, 0.3) is 0 Å². The van der Waals surface area contributed by atoms with E-state index >= 15 is 0 Å². The molecule has 0 bridgehead atoms. The number of halogens is 1. The van der Waals surface area contributed by atoms with E-state index in [1.54, 1.807) is 6.92 Å². The number of aromatic nitrogens is 2. The lowest BCUT2D eigenvalue weighted by atomic mass is 10.3. The minimum atomic E-state index is 0. The number of piperazine rings is 1. The Bertz CT molecular complexity index is 551. The van der Waals surface area contributed by atoms with Crippen LogP contribution < -0.4 is 5.32 Å². The van der Waals surface area contributed by atoms with Crippen LogP contribution in [0.3, 0.4) is 0 Å². The molecule has 25 heavy (non-hydrogen) atoms. The molecule has 1 fully saturated rings. The molecule has 0 saturated carbocycles. The van der Waals surface area contributed by atoms with Gasteiger partial charge >= 0.3 is 0 Å². The van der Waals surface area contributed by atoms with Crippen molar-refractivity contribution in [2.45, 2.75) is 40.2 Å². The van der Waals surface area contributed by atoms with E-state index in [1.807, 2.05) is 24.2 Å². The monoisotopic (exact) mass is 462 g/mol. The van der Waals surface area contributed by atoms with E-state index in [4.69, 9.17) is 4.99 Å². The van der Waals surface area contributed by atoms with Gasteiger partial charge < -0.3 is 19.7 Å². The molecule has 7 nitrogen and oxygen atoms in total. The van der Waals surface area contributed by atoms with Gasteiger partial charge in [-0.3, -0.25) is 9.79 Å². The summed E-state index contributed by atoms with van der Waals surface area (Å²) in [4.78, 5) is 24.6. The second-order valence-electron chi connectivity index (χ2n) is 6.10. The molecule has 2 heterocycles. The summed E-state index contributed by atoms with van der Waals surface area (Å²) in [6.07, 6.45) is 6.02. The van der Waals surface area contributed by atoms with Crippen molar-refractivity contribution >= 4 is 35.8 Å². The zero-order valence-corrected chi connectivity index (χ0v) is 17.9. The van der Waals surface area contributed by atoms with Crippen molar-refractivity contribution in [2.75, 3.05) is 39.3 Å². The van der Waals surface area contributed by atoms with Crippen LogP contribution in [-0.4, -0.2) is 70.5 Å². The van der Waals surface area contributed by atoms with Crippen molar-refractivity contribution in [1.29, 1.82) is 0 Å². The lowest BCUT2D eigenvalue weighted by Crippen LogP contribution is -2.53. The molecular weight excluding hydrogens is 431 g/mol. The third-order valence-electron chi connectivity index (χ3n) is 4.35. The summed E-state index contributed by atoms with van der Waals surface area (Å²) in [5, 5.41) is 3.37. The summed E-state index contributed by atoms with van der Waals surface area (Å²) in [6, 6.07) is 0. The van der Waals surface area contributed by atoms with E-state index in [9.17, 15) is 4.79 Å². The molecule has 1 aromatic heterocycles. The number of aryl methyl sites for hydroxylation is 2. The van der Waals surface area contributed by atoms with Gasteiger partial charge in [0.2, 0.25) is 5.91 Å². The summed E-state index contributed by atoms with van der Waals surface area (Å²) in [7, 11) is 0. The van der Waals surface area contributed by atoms with Crippen molar-refractivity contribution in [1.82, 2.24) is 24.7 Å². The van der Waals surface area contributed by atoms with Gasteiger partial charge in [0.15, 0.2) is 5.96 Å². The number of unbranched alkanes of at least 4 members (excludes halogenated alkanes) is 1. The number of carbonyl (C=O) groups is 1. The van der Waals surface area contributed by atoms with Gasteiger partial charge in [0.05, 0.1) is 0 Å². The number of aliphatic imine (C=N–C) groups is 1. The molecule has 0 radical (unpaired) electrons. The maximum Gasteiger partial charge on any atom is 0.219 e. The van der Waals surface area contributed by atoms with Crippen LogP contribution in [0.15, 0.2) is 17.4 Å². The quantitative estimate of drug-likeness (QED) is 0.303. The molecule has 8 heteroatoms. The second-order valence-corrected chi connectivity index (χ2v) is 6.10. The van der Waals surface area contributed by atoms with Crippen LogP contribution in [0.2, 0.25) is 0 Å². The number of rotatable bonds is 6. The normalized spacial score (nSPS) is 15.1. The predicted octanol–water partition coefficient (Wildman–Crippen LogP) is 1.72. The summed E-state index contributed by atoms with van der Waals surface area (Å²) >= 11 is 0. The zero-order chi connectivity index (χ0) is 17.4. The highest BCUT2D eigenvalue weighted by atomic mass is 127. The first kappa shape index (κ1) is 21.7. The summed E-state index contributed by atoms with van der Waals surface area (Å²) in [5.74, 6) is 2.20. The minimum absolute atomic E-state index is 0. The van der Waals surface area contributed by atoms with Crippen LogP contribution >= 0.6 is 24.0 Å². The lowest BCUT2D eigenvalue weighted by Gasteiger charge is -2.36. The summed E-state index contributed by atoms with van der Waals surface area (Å²) < 4.78 is 2.18. The molecule has 0 aromatic carbocycles. The van der Waals surface area contributed by atoms with Crippen molar-refractivity contribution < 1.29 is 4.79 Å². The van der Waals surface area contributed by atoms with Crippen molar-refractivity contribution in [3.63, 3.8) is 0 Å². The van der Waals surface area contributed by atoms with Crippen molar-refractivity contribution in [3.05, 3.63) is 18.2 Å². The topological polar surface area (TPSA) is 65.8 Å². The third kappa shape index (κ3) is 6.83. The van der Waals surface area contributed by atoms with Crippen molar-refractivity contribution in [3.8, 4) is 0 Å². The first-order chi connectivity index (χ1) is 11.6. The Morgan fingerprint density at radius 1 is 1.24 bits per heavy atom. The first-order valence-electron chi connectivity index (χ1n) is 8.88. The molecule has 0 spiro atoms. The Morgan fingerprint density at radius 2 is 1.92 bits per heavy atom. The van der Waals surface area contributed by atoms with Gasteiger partial charge in [0, 0.05) is 65.1 Å². The van der Waals surface area contributed by atoms with Crippen LogP contribution in [-0.2, 0) is 11.3 Å². The maximum atomic E-state index is 11.4. The number of hydrogen-bond acceptors (Lipinski definition) is 3. The zero-order valence-electron chi connectivity index (χ0n) is 15.6. The van der Waals surface area contributed by atoms with Gasteiger partial charge in [-0.1, -0.05) is 0 Å². The second kappa shape index (κ2) is 11.3. The molecule has 2 rings (SSSR count). The lowest BCUT2D eigenvalue weighted by molar-refractivity contribution is -0.130. The van der Waals surface area contributed by atoms with E-state index in [2.05, 4.69) is 26.7 Å². The SMILES string of the molecule is CCNC(=NCCCCn1ccnc1C)N1CCN(C(C)=O)CC1.I. The fourth-order valence-corrected chi connectivity index (χ4v) is 2.88. The predicted molar refractivity (Wildman–Crippen MR) is 111 cm³/mol. The average molecular weight is 462 g/mol. The molecule has 1 aliphatic heterocycles. The largest absolute Gasteiger partial charge is 0.357 e. The number of guanidine groups is 1. The van der Waals surface area contributed by atoms with E-state index in [0.717, 1.165) is 70.4 Å². The molecule has 1 saturated heterocycles. The van der Waals surface area contributed by atoms with E-state index in [-0.39, 0.29) is 29.9 Å². The molecule has 0 unspecified atom stereocenters. The van der Waals surface area contributed by atoms with Gasteiger partial charge in [-0.05, 0) is 26.7 Å². The number of carbonyl (C=O) groups excluding carboxylic acids is 1. The Kier molecular flexibility index (Phi) is 9.84. The maximum absolute atomic E-state index is 11.4. The van der Waals surface area contributed by atoms with Crippen LogP contribution in [0.4, 0.5) is 0 Å². The molecule has 0 atom stereocenters. The first-order valence-corrected chi connectivity index (χ1v) is 8.88. The van der Waals surface area contributed by atoms with Gasteiger partial charge in [0.25, 0.3) is 0 Å². The van der Waals surface area contributed by atoms with Gasteiger partial charge in [-0.15, -0.1) is 24.0 Å². The third-order valence-corrected chi connectivity index (χ3v) is 4.35. The fraction of sp³-hybridized carbons (Fsp3) is 0.706. The summed E-state index contributed by atoms with van der Waals surface area (Å²) in [5.41, 5.74) is 0. The minimum Gasteiger partial charge on any atom is -0.357 e. The molecular formula is C17H31IN6O. The Labute approximate surface area is 167 Å². The van der Waals surface area contributed by atoms with Crippen molar-refractivity contribution in [2.24, 2.45) is 4.99 Å². The summed E-state index contributed by atoms with van der Waals surface area (Å²) in [6.45, 7) is 11.7. The van der Waals surface area contributed by atoms with E-state index in [0.29, 0.717) is 0 Å². The highest BCUT2D eigenvalue weighted by Gasteiger charge is 2.20.